The molecule has 1 saturated heterocycles. The first-order chi connectivity index (χ1) is 15.7. The van der Waals surface area contributed by atoms with E-state index in [1.54, 1.807) is 0 Å². The molecule has 1 saturated carbocycles. The molecule has 1 aliphatic heterocycles. The van der Waals surface area contributed by atoms with Crippen LogP contribution in [0.15, 0.2) is 36.4 Å². The summed E-state index contributed by atoms with van der Waals surface area (Å²) in [6.45, 7) is 3.17. The van der Waals surface area contributed by atoms with Gasteiger partial charge in [0.15, 0.2) is 0 Å². The Labute approximate surface area is 199 Å². The Balaban J connectivity index is 1.42. The van der Waals surface area contributed by atoms with Crippen molar-refractivity contribution in [3.8, 4) is 5.75 Å². The molecule has 1 aliphatic carbocycles. The van der Waals surface area contributed by atoms with Crippen molar-refractivity contribution in [2.75, 3.05) is 26.0 Å². The zero-order valence-electron chi connectivity index (χ0n) is 18.5. The van der Waals surface area contributed by atoms with E-state index < -0.39 is 21.7 Å². The number of likely N-dealkylation sites (tertiary alicyclic amines) is 1. The van der Waals surface area contributed by atoms with Crippen LogP contribution in [-0.2, 0) is 16.6 Å². The number of halogens is 2. The predicted molar refractivity (Wildman–Crippen MR) is 126 cm³/mol. The Bertz CT molecular complexity index is 1140. The van der Waals surface area contributed by atoms with Crippen LogP contribution >= 0.6 is 11.6 Å². The van der Waals surface area contributed by atoms with E-state index in [0.717, 1.165) is 62.2 Å². The van der Waals surface area contributed by atoms with Crippen molar-refractivity contribution < 1.29 is 22.3 Å². The van der Waals surface area contributed by atoms with Gasteiger partial charge in [-0.1, -0.05) is 23.7 Å². The van der Waals surface area contributed by atoms with E-state index in [1.165, 1.54) is 17.7 Å². The second-order valence-electron chi connectivity index (χ2n) is 9.03. The normalized spacial score (nSPS) is 19.3. The monoisotopic (exact) mass is 494 g/mol. The number of amides is 1. The largest absolute Gasteiger partial charge is 0.493 e. The predicted octanol–water partition coefficient (Wildman–Crippen LogP) is 4.34. The summed E-state index contributed by atoms with van der Waals surface area (Å²) in [5.41, 5.74) is 1.66. The molecule has 0 aromatic heterocycles. The summed E-state index contributed by atoms with van der Waals surface area (Å²) < 4.78 is 45.3. The molecule has 4 rings (SSSR count). The fraction of sp³-hybridized carbons (Fsp3) is 0.458. The van der Waals surface area contributed by atoms with Gasteiger partial charge in [0.25, 0.3) is 5.91 Å². The summed E-state index contributed by atoms with van der Waals surface area (Å²) in [6, 6.07) is 10.5. The third kappa shape index (κ3) is 6.68. The maximum Gasteiger partial charge on any atom is 0.267 e. The molecule has 2 fully saturated rings. The summed E-state index contributed by atoms with van der Waals surface area (Å²) in [7, 11) is -3.78. The Kier molecular flexibility index (Phi) is 7.26. The zero-order chi connectivity index (χ0) is 23.6. The van der Waals surface area contributed by atoms with E-state index in [1.807, 2.05) is 22.9 Å². The van der Waals surface area contributed by atoms with E-state index >= 15 is 0 Å². The molecule has 9 heteroatoms. The van der Waals surface area contributed by atoms with Gasteiger partial charge in [-0.3, -0.25) is 9.69 Å². The highest BCUT2D eigenvalue weighted by Gasteiger charge is 2.30. The number of nitrogens with zero attached hydrogens (tertiary/aromatic N) is 1. The van der Waals surface area contributed by atoms with E-state index in [-0.39, 0.29) is 11.5 Å². The Morgan fingerprint density at radius 1 is 1.24 bits per heavy atom. The van der Waals surface area contributed by atoms with Crippen molar-refractivity contribution in [3.63, 3.8) is 0 Å². The molecule has 1 N–H and O–H groups in total. The number of rotatable bonds is 8. The molecule has 1 atom stereocenters. The summed E-state index contributed by atoms with van der Waals surface area (Å²) >= 11 is 6.11. The Morgan fingerprint density at radius 3 is 2.73 bits per heavy atom. The van der Waals surface area contributed by atoms with Crippen LogP contribution in [0.2, 0.25) is 5.02 Å². The number of piperidine rings is 1. The molecule has 2 aromatic rings. The van der Waals surface area contributed by atoms with Gasteiger partial charge in [-0.2, -0.15) is 0 Å². The lowest BCUT2D eigenvalue weighted by atomic mass is 9.98. The average Bonchev–Trinajstić information content (AvgIpc) is 3.56. The number of sulfonamides is 1. The number of hydrogen-bond donors (Lipinski definition) is 1. The third-order valence-corrected chi connectivity index (χ3v) is 6.80. The van der Waals surface area contributed by atoms with Crippen LogP contribution in [0.5, 0.6) is 5.75 Å². The number of carbonyl (C=O) groups is 1. The van der Waals surface area contributed by atoms with Crippen LogP contribution in [0.3, 0.4) is 0 Å². The van der Waals surface area contributed by atoms with Gasteiger partial charge in [-0.25, -0.2) is 17.5 Å². The molecule has 0 radical (unpaired) electrons. The fourth-order valence-corrected chi connectivity index (χ4v) is 5.00. The fourth-order valence-electron chi connectivity index (χ4n) is 4.34. The summed E-state index contributed by atoms with van der Waals surface area (Å²) in [5.74, 6) is -0.802. The van der Waals surface area contributed by atoms with Crippen LogP contribution in [0.4, 0.5) is 4.39 Å². The van der Waals surface area contributed by atoms with Crippen LogP contribution < -0.4 is 9.46 Å². The summed E-state index contributed by atoms with van der Waals surface area (Å²) in [4.78, 5) is 14.6. The molecule has 178 valence electrons. The highest BCUT2D eigenvalue weighted by Crippen LogP contribution is 2.45. The SMILES string of the molecule is CS(=O)(=O)NC(=O)c1cc(C2CC2)c(OCC2CCCN(Cc3cccc(Cl)c3)C2)cc1F. The minimum absolute atomic E-state index is 0.205. The topological polar surface area (TPSA) is 75.7 Å². The molecule has 1 amide bonds. The third-order valence-electron chi connectivity index (χ3n) is 6.01. The first-order valence-electron chi connectivity index (χ1n) is 11.1. The van der Waals surface area contributed by atoms with Crippen LogP contribution in [-0.4, -0.2) is 45.2 Å². The van der Waals surface area contributed by atoms with E-state index in [4.69, 9.17) is 16.3 Å². The van der Waals surface area contributed by atoms with E-state index in [0.29, 0.717) is 18.3 Å². The van der Waals surface area contributed by atoms with Gasteiger partial charge in [-0.05, 0) is 67.5 Å². The van der Waals surface area contributed by atoms with Gasteiger partial charge in [-0.15, -0.1) is 0 Å². The summed E-state index contributed by atoms with van der Waals surface area (Å²) in [5, 5.41) is 0.729. The maximum absolute atomic E-state index is 14.7. The highest BCUT2D eigenvalue weighted by molar-refractivity contribution is 7.89. The summed E-state index contributed by atoms with van der Waals surface area (Å²) in [6.07, 6.45) is 4.82. The average molecular weight is 495 g/mol. The van der Waals surface area contributed by atoms with Crippen LogP contribution in [0, 0.1) is 11.7 Å². The molecule has 2 aliphatic rings. The lowest BCUT2D eigenvalue weighted by Gasteiger charge is -2.32. The molecular formula is C24H28ClFN2O4S. The quantitative estimate of drug-likeness (QED) is 0.591. The number of benzene rings is 2. The lowest BCUT2D eigenvalue weighted by molar-refractivity contribution is 0.0977. The molecule has 33 heavy (non-hydrogen) atoms. The van der Waals surface area contributed by atoms with Gasteiger partial charge >= 0.3 is 0 Å². The smallest absolute Gasteiger partial charge is 0.267 e. The van der Waals surface area contributed by atoms with E-state index in [2.05, 4.69) is 11.0 Å². The number of hydrogen-bond acceptors (Lipinski definition) is 5. The highest BCUT2D eigenvalue weighted by atomic mass is 35.5. The molecule has 2 aromatic carbocycles. The standard InChI is InChI=1S/C24H28ClFN2O4S/c1-33(30,31)27-24(29)21-11-20(18-7-8-18)23(12-22(21)26)32-15-17-5-3-9-28(14-17)13-16-4-2-6-19(25)10-16/h2,4,6,10-12,17-18H,3,5,7-9,13-15H2,1H3,(H,27,29). The first-order valence-corrected chi connectivity index (χ1v) is 13.4. The second kappa shape index (κ2) is 9.99. The van der Waals surface area contributed by atoms with Crippen LogP contribution in [0.25, 0.3) is 0 Å². The lowest BCUT2D eigenvalue weighted by Crippen LogP contribution is -2.37. The number of nitrogens with one attached hydrogen (secondary N) is 1. The van der Waals surface area contributed by atoms with Crippen LogP contribution in [0.1, 0.15) is 53.1 Å². The number of carbonyl (C=O) groups excluding carboxylic acids is 1. The zero-order valence-corrected chi connectivity index (χ0v) is 20.1. The Hall–Kier alpha value is -2.16. The molecule has 0 bridgehead atoms. The van der Waals surface area contributed by atoms with E-state index in [9.17, 15) is 17.6 Å². The van der Waals surface area contributed by atoms with Crippen molar-refractivity contribution in [2.24, 2.45) is 5.92 Å². The second-order valence-corrected chi connectivity index (χ2v) is 11.2. The maximum atomic E-state index is 14.7. The van der Waals surface area contributed by atoms with Gasteiger partial charge < -0.3 is 4.74 Å². The molecule has 1 heterocycles. The van der Waals surface area contributed by atoms with Crippen molar-refractivity contribution >= 4 is 27.5 Å². The molecule has 1 unspecified atom stereocenters. The van der Waals surface area contributed by atoms with Crippen molar-refractivity contribution in [3.05, 3.63) is 63.9 Å². The number of ether oxygens (including phenoxy) is 1. The molecule has 0 spiro atoms. The van der Waals surface area contributed by atoms with Crippen molar-refractivity contribution in [2.45, 2.75) is 38.1 Å². The minimum Gasteiger partial charge on any atom is -0.493 e. The van der Waals surface area contributed by atoms with Gasteiger partial charge in [0.2, 0.25) is 10.0 Å². The Morgan fingerprint density at radius 2 is 2.03 bits per heavy atom. The minimum atomic E-state index is -3.78. The van der Waals surface area contributed by atoms with Crippen molar-refractivity contribution in [1.29, 1.82) is 0 Å². The van der Waals surface area contributed by atoms with Gasteiger partial charge in [0.05, 0.1) is 18.4 Å². The molecular weight excluding hydrogens is 467 g/mol. The van der Waals surface area contributed by atoms with Gasteiger partial charge in [0.1, 0.15) is 11.6 Å². The first kappa shape index (κ1) is 24.0. The molecule has 6 nitrogen and oxygen atoms in total. The van der Waals surface area contributed by atoms with Gasteiger partial charge in [0, 0.05) is 30.1 Å². The van der Waals surface area contributed by atoms with Crippen molar-refractivity contribution in [1.82, 2.24) is 9.62 Å².